The molecule has 1 nitrogen and oxygen atoms in total. The zero-order valence-corrected chi connectivity index (χ0v) is 26.0. The summed E-state index contributed by atoms with van der Waals surface area (Å²) in [5.74, 6) is 0. The van der Waals surface area contributed by atoms with Gasteiger partial charge in [0, 0.05) is 41.3 Å². The molecule has 0 fully saturated rings. The first-order valence-corrected chi connectivity index (χ1v) is 16.8. The third kappa shape index (κ3) is 4.35. The van der Waals surface area contributed by atoms with E-state index in [4.69, 9.17) is 0 Å². The van der Waals surface area contributed by atoms with Crippen molar-refractivity contribution >= 4 is 80.1 Å². The van der Waals surface area contributed by atoms with E-state index in [0.29, 0.717) is 0 Å². The molecule has 0 saturated heterocycles. The lowest BCUT2D eigenvalue weighted by Gasteiger charge is -2.28. The zero-order chi connectivity index (χ0) is 29.7. The predicted molar refractivity (Wildman–Crippen MR) is 198 cm³/mol. The van der Waals surface area contributed by atoms with Crippen molar-refractivity contribution in [2.75, 3.05) is 4.90 Å². The minimum atomic E-state index is 1.14. The van der Waals surface area contributed by atoms with Crippen molar-refractivity contribution in [2.45, 2.75) is 0 Å². The second kappa shape index (κ2) is 10.7. The third-order valence-corrected chi connectivity index (χ3v) is 11.0. The van der Waals surface area contributed by atoms with Crippen molar-refractivity contribution in [1.29, 1.82) is 0 Å². The highest BCUT2D eigenvalue weighted by molar-refractivity contribution is 7.26. The number of nitrogens with zero attached hydrogens (tertiary/aromatic N) is 1. The van der Waals surface area contributed by atoms with Crippen LogP contribution in [0.1, 0.15) is 0 Å². The third-order valence-electron chi connectivity index (χ3n) is 8.69. The Morgan fingerprint density at radius 1 is 0.356 bits per heavy atom. The molecular weight excluding hydrogens is 583 g/mol. The van der Waals surface area contributed by atoms with Crippen LogP contribution in [0.5, 0.6) is 0 Å². The Morgan fingerprint density at radius 2 is 0.933 bits per heavy atom. The van der Waals surface area contributed by atoms with Gasteiger partial charge in [0.25, 0.3) is 0 Å². The number of hydrogen-bond acceptors (Lipinski definition) is 3. The summed E-state index contributed by atoms with van der Waals surface area (Å²) >= 11 is 3.75. The fourth-order valence-corrected chi connectivity index (χ4v) is 8.99. The van der Waals surface area contributed by atoms with Gasteiger partial charge in [0.05, 0.1) is 16.1 Å². The van der Waals surface area contributed by atoms with Crippen LogP contribution < -0.4 is 4.90 Å². The normalized spacial score (nSPS) is 11.6. The standard InChI is InChI=1S/C42H27NS2/c1-3-12-28(13-4-1)29-22-24-31(25-23-29)43(35-18-11-21-39-41(35)34-17-8-9-19-37(34)44-39)36-27-26-32(30-14-5-2-6-15-30)40-33-16-7-10-20-38(33)45-42(36)40/h1-27H. The van der Waals surface area contributed by atoms with Crippen LogP contribution in [-0.4, -0.2) is 0 Å². The van der Waals surface area contributed by atoms with Crippen LogP contribution in [0.4, 0.5) is 17.1 Å². The van der Waals surface area contributed by atoms with E-state index in [2.05, 4.69) is 169 Å². The van der Waals surface area contributed by atoms with Gasteiger partial charge in [-0.25, -0.2) is 0 Å². The molecule has 0 unspecified atom stereocenters. The lowest BCUT2D eigenvalue weighted by molar-refractivity contribution is 1.32. The Kier molecular flexibility index (Phi) is 6.26. The molecule has 0 amide bonds. The molecule has 0 saturated carbocycles. The van der Waals surface area contributed by atoms with Crippen LogP contribution in [0.25, 0.3) is 62.6 Å². The Hall–Kier alpha value is -5.22. The number of thiophene rings is 2. The Labute approximate surface area is 269 Å². The molecule has 0 aliphatic rings. The first-order valence-electron chi connectivity index (χ1n) is 15.2. The highest BCUT2D eigenvalue weighted by Crippen LogP contribution is 2.50. The maximum atomic E-state index is 2.49. The summed E-state index contributed by atoms with van der Waals surface area (Å²) in [5.41, 5.74) is 8.48. The van der Waals surface area contributed by atoms with E-state index in [1.807, 2.05) is 22.7 Å². The molecule has 0 aliphatic heterocycles. The summed E-state index contributed by atoms with van der Waals surface area (Å²) < 4.78 is 5.20. The molecule has 0 N–H and O–H groups in total. The zero-order valence-electron chi connectivity index (χ0n) is 24.4. The van der Waals surface area contributed by atoms with Gasteiger partial charge in [-0.2, -0.15) is 0 Å². The van der Waals surface area contributed by atoms with Crippen molar-refractivity contribution in [3.8, 4) is 22.3 Å². The first kappa shape index (κ1) is 26.2. The van der Waals surface area contributed by atoms with Crippen molar-refractivity contribution in [1.82, 2.24) is 0 Å². The van der Waals surface area contributed by atoms with E-state index in [1.54, 1.807) is 0 Å². The van der Waals surface area contributed by atoms with E-state index in [-0.39, 0.29) is 0 Å². The molecule has 9 aromatic rings. The highest BCUT2D eigenvalue weighted by atomic mass is 32.1. The lowest BCUT2D eigenvalue weighted by atomic mass is 9.98. The Bertz CT molecular complexity index is 2470. The smallest absolute Gasteiger partial charge is 0.0641 e. The fraction of sp³-hybridized carbons (Fsp3) is 0. The Balaban J connectivity index is 1.35. The van der Waals surface area contributed by atoms with Gasteiger partial charge in [0.15, 0.2) is 0 Å². The largest absolute Gasteiger partial charge is 0.308 e. The molecule has 45 heavy (non-hydrogen) atoms. The summed E-state index contributed by atoms with van der Waals surface area (Å²) in [5, 5.41) is 5.21. The van der Waals surface area contributed by atoms with Gasteiger partial charge in [-0.1, -0.05) is 121 Å². The molecule has 0 radical (unpaired) electrons. The van der Waals surface area contributed by atoms with Crippen molar-refractivity contribution in [2.24, 2.45) is 0 Å². The second-order valence-electron chi connectivity index (χ2n) is 11.3. The number of fused-ring (bicyclic) bond motifs is 6. The van der Waals surface area contributed by atoms with Gasteiger partial charge in [-0.3, -0.25) is 0 Å². The summed E-state index contributed by atoms with van der Waals surface area (Å²) in [6.07, 6.45) is 0. The van der Waals surface area contributed by atoms with Crippen LogP contribution in [-0.2, 0) is 0 Å². The summed E-state index contributed by atoms with van der Waals surface area (Å²) in [6.45, 7) is 0. The summed E-state index contributed by atoms with van der Waals surface area (Å²) in [6, 6.07) is 59.5. The molecular formula is C42H27NS2. The first-order chi connectivity index (χ1) is 22.3. The monoisotopic (exact) mass is 609 g/mol. The average molecular weight is 610 g/mol. The molecule has 7 aromatic carbocycles. The van der Waals surface area contributed by atoms with Crippen LogP contribution in [0, 0.1) is 0 Å². The van der Waals surface area contributed by atoms with E-state index in [1.165, 1.54) is 74.0 Å². The molecule has 2 heterocycles. The topological polar surface area (TPSA) is 3.24 Å². The quantitative estimate of drug-likeness (QED) is 0.188. The van der Waals surface area contributed by atoms with Gasteiger partial charge in [0.2, 0.25) is 0 Å². The maximum Gasteiger partial charge on any atom is 0.0641 e. The molecule has 3 heteroatoms. The van der Waals surface area contributed by atoms with E-state index < -0.39 is 0 Å². The highest BCUT2D eigenvalue weighted by Gasteiger charge is 2.23. The van der Waals surface area contributed by atoms with Gasteiger partial charge >= 0.3 is 0 Å². The molecule has 212 valence electrons. The van der Waals surface area contributed by atoms with E-state index in [0.717, 1.165) is 5.69 Å². The second-order valence-corrected chi connectivity index (χ2v) is 13.4. The number of benzene rings is 7. The lowest BCUT2D eigenvalue weighted by Crippen LogP contribution is -2.10. The van der Waals surface area contributed by atoms with Crippen molar-refractivity contribution < 1.29 is 0 Å². The molecule has 0 aliphatic carbocycles. The van der Waals surface area contributed by atoms with E-state index in [9.17, 15) is 0 Å². The SMILES string of the molecule is c1ccc(-c2ccc(N(c3ccc(-c4ccccc4)c4c3sc3ccccc34)c3cccc4sc5ccccc5c34)cc2)cc1. The summed E-state index contributed by atoms with van der Waals surface area (Å²) in [7, 11) is 0. The maximum absolute atomic E-state index is 2.49. The minimum Gasteiger partial charge on any atom is -0.308 e. The van der Waals surface area contributed by atoms with Gasteiger partial charge in [0.1, 0.15) is 0 Å². The van der Waals surface area contributed by atoms with Gasteiger partial charge in [-0.05, 0) is 64.7 Å². The van der Waals surface area contributed by atoms with Crippen molar-refractivity contribution in [3.63, 3.8) is 0 Å². The average Bonchev–Trinajstić information content (AvgIpc) is 3.69. The van der Waals surface area contributed by atoms with Crippen LogP contribution in [0.15, 0.2) is 164 Å². The number of hydrogen-bond donors (Lipinski definition) is 0. The van der Waals surface area contributed by atoms with Crippen LogP contribution in [0.3, 0.4) is 0 Å². The van der Waals surface area contributed by atoms with Gasteiger partial charge in [-0.15, -0.1) is 22.7 Å². The molecule has 0 atom stereocenters. The van der Waals surface area contributed by atoms with Crippen LogP contribution >= 0.6 is 22.7 Å². The summed E-state index contributed by atoms with van der Waals surface area (Å²) in [4.78, 5) is 2.49. The molecule has 0 spiro atoms. The fourth-order valence-electron chi connectivity index (χ4n) is 6.63. The molecule has 9 rings (SSSR count). The predicted octanol–water partition coefficient (Wildman–Crippen LogP) is 13.2. The number of anilines is 3. The van der Waals surface area contributed by atoms with Crippen LogP contribution in [0.2, 0.25) is 0 Å². The minimum absolute atomic E-state index is 1.14. The number of rotatable bonds is 5. The Morgan fingerprint density at radius 3 is 1.67 bits per heavy atom. The van der Waals surface area contributed by atoms with Gasteiger partial charge < -0.3 is 4.90 Å². The molecule has 0 bridgehead atoms. The van der Waals surface area contributed by atoms with E-state index >= 15 is 0 Å². The molecule has 2 aromatic heterocycles. The van der Waals surface area contributed by atoms with Crippen molar-refractivity contribution in [3.05, 3.63) is 164 Å².